The third kappa shape index (κ3) is 2.79. The summed E-state index contributed by atoms with van der Waals surface area (Å²) in [6.45, 7) is 0. The number of hydrogen-bond acceptors (Lipinski definition) is 2. The normalized spacial score (nSPS) is 11.5. The maximum Gasteiger partial charge on any atom is 0.137 e. The fourth-order valence-electron chi connectivity index (χ4n) is 4.95. The zero-order chi connectivity index (χ0) is 22.5. The van der Waals surface area contributed by atoms with Crippen LogP contribution in [0.15, 0.2) is 122 Å². The quantitative estimate of drug-likeness (QED) is 0.294. The van der Waals surface area contributed by atoms with Gasteiger partial charge in [-0.05, 0) is 48.5 Å². The van der Waals surface area contributed by atoms with E-state index in [2.05, 4.69) is 105 Å². The van der Waals surface area contributed by atoms with Gasteiger partial charge in [-0.3, -0.25) is 9.55 Å². The fourth-order valence-corrected chi connectivity index (χ4v) is 4.95. The second-order valence-electron chi connectivity index (χ2n) is 8.42. The number of hydrogen-bond donors (Lipinski definition) is 0. The van der Waals surface area contributed by atoms with Crippen molar-refractivity contribution >= 4 is 32.7 Å². The summed E-state index contributed by atoms with van der Waals surface area (Å²) in [7, 11) is 0. The molecular formula is C30H20N4. The van der Waals surface area contributed by atoms with Crippen LogP contribution in [-0.4, -0.2) is 19.1 Å². The highest BCUT2D eigenvalue weighted by atomic mass is 15.1. The smallest absolute Gasteiger partial charge is 0.137 e. The number of fused-ring (bicyclic) bond motifs is 5. The first-order valence-corrected chi connectivity index (χ1v) is 11.3. The molecule has 34 heavy (non-hydrogen) atoms. The average molecular weight is 437 g/mol. The van der Waals surface area contributed by atoms with Gasteiger partial charge in [0.2, 0.25) is 0 Å². The summed E-state index contributed by atoms with van der Waals surface area (Å²) in [6, 6.07) is 33.9. The van der Waals surface area contributed by atoms with Crippen LogP contribution in [0.25, 0.3) is 55.3 Å². The lowest BCUT2D eigenvalue weighted by Gasteiger charge is -2.10. The first-order valence-electron chi connectivity index (χ1n) is 11.3. The fraction of sp³-hybridized carbons (Fsp3) is 0. The highest BCUT2D eigenvalue weighted by molar-refractivity contribution is 6.18. The van der Waals surface area contributed by atoms with E-state index in [0.29, 0.717) is 0 Å². The van der Waals surface area contributed by atoms with E-state index < -0.39 is 0 Å². The number of nitrogens with zero attached hydrogens (tertiary/aromatic N) is 4. The van der Waals surface area contributed by atoms with E-state index in [1.807, 2.05) is 24.5 Å². The summed E-state index contributed by atoms with van der Waals surface area (Å²) in [5.74, 6) is 0.902. The Labute approximate surface area is 196 Å². The van der Waals surface area contributed by atoms with Crippen molar-refractivity contribution in [1.82, 2.24) is 19.1 Å². The third-order valence-electron chi connectivity index (χ3n) is 6.51. The van der Waals surface area contributed by atoms with Crippen molar-refractivity contribution < 1.29 is 0 Å². The summed E-state index contributed by atoms with van der Waals surface area (Å²) < 4.78 is 4.53. The van der Waals surface area contributed by atoms with Crippen LogP contribution in [0, 0.1) is 0 Å². The number of rotatable bonds is 3. The molecule has 7 aromatic rings. The van der Waals surface area contributed by atoms with E-state index in [4.69, 9.17) is 4.98 Å². The molecule has 0 fully saturated rings. The van der Waals surface area contributed by atoms with Crippen molar-refractivity contribution in [3.05, 3.63) is 122 Å². The van der Waals surface area contributed by atoms with E-state index in [1.54, 1.807) is 6.20 Å². The Hall–Kier alpha value is -4.70. The summed E-state index contributed by atoms with van der Waals surface area (Å²) in [5, 5.41) is 3.66. The summed E-state index contributed by atoms with van der Waals surface area (Å²) in [6.07, 6.45) is 7.74. The standard InChI is InChI=1S/C30H20N4/c1-2-8-23(9-3-1)33-18-16-26-27(33)14-13-25-24-10-4-5-11-28(24)34(30(25)26)29-15-12-22(20-32-29)21-7-6-17-31-19-21/h1-20H. The van der Waals surface area contributed by atoms with Gasteiger partial charge in [-0.1, -0.05) is 48.5 Å². The van der Waals surface area contributed by atoms with Crippen molar-refractivity contribution in [3.8, 4) is 22.6 Å². The Morgan fingerprint density at radius 3 is 2.24 bits per heavy atom. The van der Waals surface area contributed by atoms with Gasteiger partial charge in [0.05, 0.1) is 16.6 Å². The number of benzene rings is 3. The van der Waals surface area contributed by atoms with Crippen LogP contribution < -0.4 is 0 Å². The Kier molecular flexibility index (Phi) is 4.11. The second kappa shape index (κ2) is 7.42. The van der Waals surface area contributed by atoms with Gasteiger partial charge in [-0.2, -0.15) is 0 Å². The SMILES string of the molecule is c1ccc(-n2ccc3c2ccc2c4ccccc4n(-c4ccc(-c5cccnc5)cn4)c23)cc1. The van der Waals surface area contributed by atoms with Crippen molar-refractivity contribution in [1.29, 1.82) is 0 Å². The largest absolute Gasteiger partial charge is 0.316 e. The summed E-state index contributed by atoms with van der Waals surface area (Å²) in [5.41, 5.74) is 6.77. The molecule has 160 valence electrons. The topological polar surface area (TPSA) is 35.6 Å². The van der Waals surface area contributed by atoms with E-state index in [9.17, 15) is 0 Å². The van der Waals surface area contributed by atoms with Crippen LogP contribution in [-0.2, 0) is 0 Å². The van der Waals surface area contributed by atoms with E-state index in [1.165, 1.54) is 27.2 Å². The molecule has 0 aliphatic rings. The molecule has 0 atom stereocenters. The Morgan fingerprint density at radius 2 is 1.41 bits per heavy atom. The predicted octanol–water partition coefficient (Wildman–Crippen LogP) is 7.18. The lowest BCUT2D eigenvalue weighted by Crippen LogP contribution is -1.98. The lowest BCUT2D eigenvalue weighted by atomic mass is 10.1. The first-order chi connectivity index (χ1) is 16.9. The minimum atomic E-state index is 0.902. The third-order valence-corrected chi connectivity index (χ3v) is 6.51. The molecule has 7 rings (SSSR count). The van der Waals surface area contributed by atoms with E-state index >= 15 is 0 Å². The minimum Gasteiger partial charge on any atom is -0.316 e. The molecule has 4 heterocycles. The molecule has 0 amide bonds. The molecule has 0 radical (unpaired) electrons. The molecule has 0 bridgehead atoms. The van der Waals surface area contributed by atoms with E-state index in [-0.39, 0.29) is 0 Å². The van der Waals surface area contributed by atoms with Crippen LogP contribution in [0.1, 0.15) is 0 Å². The zero-order valence-electron chi connectivity index (χ0n) is 18.3. The molecule has 0 saturated carbocycles. The number of pyridine rings is 2. The van der Waals surface area contributed by atoms with Crippen LogP contribution in [0.4, 0.5) is 0 Å². The Balaban J connectivity index is 1.51. The molecule has 0 saturated heterocycles. The maximum atomic E-state index is 4.90. The molecule has 0 spiro atoms. The highest BCUT2D eigenvalue weighted by Crippen LogP contribution is 2.37. The average Bonchev–Trinajstić information content (AvgIpc) is 3.49. The van der Waals surface area contributed by atoms with Gasteiger partial charge >= 0.3 is 0 Å². The molecule has 0 aliphatic heterocycles. The van der Waals surface area contributed by atoms with Gasteiger partial charge in [-0.25, -0.2) is 4.98 Å². The van der Waals surface area contributed by atoms with E-state index in [0.717, 1.165) is 28.1 Å². The van der Waals surface area contributed by atoms with Crippen molar-refractivity contribution in [3.63, 3.8) is 0 Å². The van der Waals surface area contributed by atoms with Crippen molar-refractivity contribution in [2.75, 3.05) is 0 Å². The first kappa shape index (κ1) is 18.8. The molecule has 4 heteroatoms. The van der Waals surface area contributed by atoms with Gasteiger partial charge in [0, 0.05) is 57.8 Å². The number of para-hydroxylation sites is 2. The van der Waals surface area contributed by atoms with Crippen LogP contribution in [0.3, 0.4) is 0 Å². The Bertz CT molecular complexity index is 1780. The molecule has 3 aromatic carbocycles. The molecule has 4 aromatic heterocycles. The van der Waals surface area contributed by atoms with Crippen LogP contribution in [0.5, 0.6) is 0 Å². The van der Waals surface area contributed by atoms with Gasteiger partial charge in [0.25, 0.3) is 0 Å². The predicted molar refractivity (Wildman–Crippen MR) is 139 cm³/mol. The van der Waals surface area contributed by atoms with Crippen molar-refractivity contribution in [2.24, 2.45) is 0 Å². The second-order valence-corrected chi connectivity index (χ2v) is 8.42. The zero-order valence-corrected chi connectivity index (χ0v) is 18.3. The van der Waals surface area contributed by atoms with Gasteiger partial charge in [0.1, 0.15) is 5.82 Å². The maximum absolute atomic E-state index is 4.90. The highest BCUT2D eigenvalue weighted by Gasteiger charge is 2.17. The van der Waals surface area contributed by atoms with Gasteiger partial charge < -0.3 is 4.57 Å². The molecule has 0 N–H and O–H groups in total. The molecule has 0 aliphatic carbocycles. The summed E-state index contributed by atoms with van der Waals surface area (Å²) in [4.78, 5) is 9.14. The monoisotopic (exact) mass is 436 g/mol. The van der Waals surface area contributed by atoms with Crippen LogP contribution in [0.2, 0.25) is 0 Å². The molecular weight excluding hydrogens is 416 g/mol. The summed E-state index contributed by atoms with van der Waals surface area (Å²) >= 11 is 0. The number of aromatic nitrogens is 4. The minimum absolute atomic E-state index is 0.902. The van der Waals surface area contributed by atoms with Crippen LogP contribution >= 0.6 is 0 Å². The molecule has 4 nitrogen and oxygen atoms in total. The van der Waals surface area contributed by atoms with Gasteiger partial charge in [0.15, 0.2) is 0 Å². The van der Waals surface area contributed by atoms with Gasteiger partial charge in [-0.15, -0.1) is 0 Å². The van der Waals surface area contributed by atoms with Crippen molar-refractivity contribution in [2.45, 2.75) is 0 Å². The molecule has 0 unspecified atom stereocenters. The lowest BCUT2D eigenvalue weighted by molar-refractivity contribution is 1.08. The Morgan fingerprint density at radius 1 is 0.559 bits per heavy atom.